The third kappa shape index (κ3) is 2.03. The topological polar surface area (TPSA) is 65.2 Å². The summed E-state index contributed by atoms with van der Waals surface area (Å²) in [6, 6.07) is 3.83. The van der Waals surface area contributed by atoms with E-state index in [9.17, 15) is 0 Å². The van der Waals surface area contributed by atoms with Crippen LogP contribution in [0.3, 0.4) is 0 Å². The van der Waals surface area contributed by atoms with Gasteiger partial charge in [-0.2, -0.15) is 0 Å². The number of hydrogen-bond acceptors (Lipinski definition) is 4. The van der Waals surface area contributed by atoms with Crippen LogP contribution >= 0.6 is 0 Å². The van der Waals surface area contributed by atoms with Gasteiger partial charge in [-0.25, -0.2) is 0 Å². The van der Waals surface area contributed by atoms with E-state index in [0.717, 1.165) is 36.3 Å². The summed E-state index contributed by atoms with van der Waals surface area (Å²) in [4.78, 5) is 0. The van der Waals surface area contributed by atoms with Gasteiger partial charge in [0, 0.05) is 18.4 Å². The fourth-order valence-electron chi connectivity index (χ4n) is 1.62. The van der Waals surface area contributed by atoms with E-state index in [0.29, 0.717) is 5.82 Å². The van der Waals surface area contributed by atoms with E-state index in [2.05, 4.69) is 5.16 Å². The molecule has 0 aliphatic heterocycles. The molecule has 2 heterocycles. The van der Waals surface area contributed by atoms with Gasteiger partial charge < -0.3 is 14.7 Å². The summed E-state index contributed by atoms with van der Waals surface area (Å²) >= 11 is 0. The molecule has 2 N–H and O–H groups in total. The fraction of sp³-hybridized carbons (Fsp3) is 0.364. The molecule has 0 saturated carbocycles. The van der Waals surface area contributed by atoms with Gasteiger partial charge in [-0.3, -0.25) is 0 Å². The molecule has 80 valence electrons. The van der Waals surface area contributed by atoms with Crippen LogP contribution in [0.2, 0.25) is 0 Å². The Morgan fingerprint density at radius 3 is 2.93 bits per heavy atom. The maximum absolute atomic E-state index is 5.67. The Bertz CT molecular complexity index is 418. The molecule has 0 fully saturated rings. The molecule has 2 aromatic rings. The summed E-state index contributed by atoms with van der Waals surface area (Å²) in [6.45, 7) is 2.04. The van der Waals surface area contributed by atoms with Crippen molar-refractivity contribution in [1.82, 2.24) is 5.16 Å². The highest BCUT2D eigenvalue weighted by atomic mass is 16.5. The van der Waals surface area contributed by atoms with E-state index in [1.165, 1.54) is 0 Å². The van der Waals surface area contributed by atoms with Gasteiger partial charge in [0.05, 0.1) is 6.26 Å². The number of nitrogens with zero attached hydrogens (tertiary/aromatic N) is 1. The Kier molecular flexibility index (Phi) is 2.76. The zero-order valence-electron chi connectivity index (χ0n) is 8.69. The van der Waals surface area contributed by atoms with Crippen LogP contribution in [0.25, 0.3) is 0 Å². The second kappa shape index (κ2) is 4.21. The van der Waals surface area contributed by atoms with Crippen LogP contribution in [0.15, 0.2) is 27.3 Å². The number of furan rings is 1. The van der Waals surface area contributed by atoms with Gasteiger partial charge in [0.15, 0.2) is 5.82 Å². The monoisotopic (exact) mass is 206 g/mol. The molecular weight excluding hydrogens is 192 g/mol. The quantitative estimate of drug-likeness (QED) is 0.832. The lowest BCUT2D eigenvalue weighted by atomic mass is 10.1. The van der Waals surface area contributed by atoms with Crippen molar-refractivity contribution in [2.45, 2.75) is 26.2 Å². The van der Waals surface area contributed by atoms with Crippen LogP contribution in [-0.2, 0) is 19.3 Å². The van der Waals surface area contributed by atoms with Crippen LogP contribution in [0, 0.1) is 0 Å². The second-order valence-corrected chi connectivity index (χ2v) is 3.40. The van der Waals surface area contributed by atoms with Gasteiger partial charge in [-0.1, -0.05) is 12.1 Å². The van der Waals surface area contributed by atoms with E-state index in [1.807, 2.05) is 19.1 Å². The van der Waals surface area contributed by atoms with Crippen LogP contribution in [0.4, 0.5) is 5.82 Å². The molecule has 0 radical (unpaired) electrons. The molecule has 15 heavy (non-hydrogen) atoms. The average molecular weight is 206 g/mol. The molecule has 0 aromatic carbocycles. The van der Waals surface area contributed by atoms with Gasteiger partial charge in [0.1, 0.15) is 11.5 Å². The highest BCUT2D eigenvalue weighted by molar-refractivity contribution is 5.40. The summed E-state index contributed by atoms with van der Waals surface area (Å²) < 4.78 is 10.4. The normalized spacial score (nSPS) is 10.7. The largest absolute Gasteiger partial charge is 0.469 e. The first-order valence-electron chi connectivity index (χ1n) is 5.06. The first kappa shape index (κ1) is 9.83. The molecule has 0 aliphatic rings. The van der Waals surface area contributed by atoms with Crippen molar-refractivity contribution in [3.05, 3.63) is 35.5 Å². The van der Waals surface area contributed by atoms with Crippen LogP contribution in [0.5, 0.6) is 0 Å². The van der Waals surface area contributed by atoms with Gasteiger partial charge >= 0.3 is 0 Å². The Balaban J connectivity index is 2.05. The Morgan fingerprint density at radius 2 is 2.27 bits per heavy atom. The summed E-state index contributed by atoms with van der Waals surface area (Å²) in [5, 5.41) is 3.76. The van der Waals surface area contributed by atoms with Crippen molar-refractivity contribution in [3.8, 4) is 0 Å². The lowest BCUT2D eigenvalue weighted by Crippen LogP contribution is -1.95. The lowest BCUT2D eigenvalue weighted by Gasteiger charge is -1.97. The predicted octanol–water partition coefficient (Wildman–Crippen LogP) is 2.20. The first-order valence-corrected chi connectivity index (χ1v) is 5.06. The molecular formula is C11H14N2O2. The van der Waals surface area contributed by atoms with Crippen molar-refractivity contribution in [1.29, 1.82) is 0 Å². The molecule has 0 atom stereocenters. The lowest BCUT2D eigenvalue weighted by molar-refractivity contribution is 0.379. The van der Waals surface area contributed by atoms with E-state index in [-0.39, 0.29) is 0 Å². The molecule has 0 amide bonds. The van der Waals surface area contributed by atoms with Gasteiger partial charge in [-0.15, -0.1) is 0 Å². The molecule has 2 rings (SSSR count). The maximum atomic E-state index is 5.67. The minimum atomic E-state index is 0.506. The molecule has 0 aliphatic carbocycles. The average Bonchev–Trinajstić information content (AvgIpc) is 2.84. The van der Waals surface area contributed by atoms with Gasteiger partial charge in [0.2, 0.25) is 0 Å². The number of hydrogen-bond donors (Lipinski definition) is 1. The van der Waals surface area contributed by atoms with Crippen molar-refractivity contribution < 1.29 is 8.94 Å². The number of nitrogen functional groups attached to an aromatic ring is 1. The molecule has 0 bridgehead atoms. The summed E-state index contributed by atoms with van der Waals surface area (Å²) in [5.74, 6) is 2.32. The molecule has 0 unspecified atom stereocenters. The van der Waals surface area contributed by atoms with Crippen LogP contribution in [0.1, 0.15) is 24.0 Å². The zero-order chi connectivity index (χ0) is 10.7. The maximum Gasteiger partial charge on any atom is 0.170 e. The minimum absolute atomic E-state index is 0.506. The van der Waals surface area contributed by atoms with Crippen molar-refractivity contribution in [3.63, 3.8) is 0 Å². The SMILES string of the molecule is CCc1c(N)noc1CCc1ccco1. The van der Waals surface area contributed by atoms with Crippen LogP contribution in [-0.4, -0.2) is 5.16 Å². The molecule has 0 saturated heterocycles. The standard InChI is InChI=1S/C11H14N2O2/c1-2-9-10(15-13-11(9)12)6-5-8-4-3-7-14-8/h3-4,7H,2,5-6H2,1H3,(H2,12,13). The van der Waals surface area contributed by atoms with Gasteiger partial charge in [0.25, 0.3) is 0 Å². The summed E-state index contributed by atoms with van der Waals surface area (Å²) in [6.07, 6.45) is 4.11. The summed E-state index contributed by atoms with van der Waals surface area (Å²) in [5.41, 5.74) is 6.69. The van der Waals surface area contributed by atoms with E-state index in [4.69, 9.17) is 14.7 Å². The number of aryl methyl sites for hydroxylation is 2. The molecule has 0 spiro atoms. The number of aromatic nitrogens is 1. The Labute approximate surface area is 88.0 Å². The third-order valence-electron chi connectivity index (χ3n) is 2.43. The minimum Gasteiger partial charge on any atom is -0.469 e. The Morgan fingerprint density at radius 1 is 1.40 bits per heavy atom. The fourth-order valence-corrected chi connectivity index (χ4v) is 1.62. The number of anilines is 1. The smallest absolute Gasteiger partial charge is 0.170 e. The van der Waals surface area contributed by atoms with Crippen molar-refractivity contribution in [2.75, 3.05) is 5.73 Å². The second-order valence-electron chi connectivity index (χ2n) is 3.40. The number of nitrogens with two attached hydrogens (primary N) is 1. The first-order chi connectivity index (χ1) is 7.31. The van der Waals surface area contributed by atoms with Gasteiger partial charge in [-0.05, 0) is 18.6 Å². The summed E-state index contributed by atoms with van der Waals surface area (Å²) in [7, 11) is 0. The Hall–Kier alpha value is -1.71. The van der Waals surface area contributed by atoms with E-state index >= 15 is 0 Å². The molecule has 4 heteroatoms. The highest BCUT2D eigenvalue weighted by Gasteiger charge is 2.11. The predicted molar refractivity (Wildman–Crippen MR) is 56.4 cm³/mol. The zero-order valence-corrected chi connectivity index (χ0v) is 8.69. The van der Waals surface area contributed by atoms with E-state index < -0.39 is 0 Å². The van der Waals surface area contributed by atoms with Crippen molar-refractivity contribution >= 4 is 5.82 Å². The van der Waals surface area contributed by atoms with Crippen molar-refractivity contribution in [2.24, 2.45) is 0 Å². The number of rotatable bonds is 4. The molecule has 4 nitrogen and oxygen atoms in total. The third-order valence-corrected chi connectivity index (χ3v) is 2.43. The molecule has 2 aromatic heterocycles. The van der Waals surface area contributed by atoms with E-state index in [1.54, 1.807) is 6.26 Å². The van der Waals surface area contributed by atoms with Crippen LogP contribution < -0.4 is 5.73 Å². The highest BCUT2D eigenvalue weighted by Crippen LogP contribution is 2.18.